The number of alkyl halides is 2. The van der Waals surface area contributed by atoms with Crippen LogP contribution < -0.4 is 5.32 Å². The standard InChI is InChI=1S/C20H24ClF2N3O/c1-5-20(6-2)9-11(3)15-14(8-7-13(21)16(15)20)24-19(27)12-10-26(4)25-17(12)18(22)23/h7-8,10-11,18H,5-6,9H2,1-4H3,(H,24,27). The third-order valence-electron chi connectivity index (χ3n) is 5.83. The minimum Gasteiger partial charge on any atom is -0.322 e. The van der Waals surface area contributed by atoms with Crippen LogP contribution in [0.3, 0.4) is 0 Å². The second kappa shape index (κ2) is 7.23. The van der Waals surface area contributed by atoms with Crippen molar-refractivity contribution in [3.63, 3.8) is 0 Å². The summed E-state index contributed by atoms with van der Waals surface area (Å²) in [4.78, 5) is 12.7. The predicted octanol–water partition coefficient (Wildman–Crippen LogP) is 5.83. The van der Waals surface area contributed by atoms with Crippen LogP contribution in [0.25, 0.3) is 0 Å². The van der Waals surface area contributed by atoms with Crippen molar-refractivity contribution in [2.75, 3.05) is 5.32 Å². The van der Waals surface area contributed by atoms with Crippen LogP contribution in [-0.2, 0) is 12.5 Å². The maximum absolute atomic E-state index is 13.2. The molecule has 1 aliphatic carbocycles. The largest absolute Gasteiger partial charge is 0.322 e. The highest BCUT2D eigenvalue weighted by atomic mass is 35.5. The van der Waals surface area contributed by atoms with E-state index in [1.807, 2.05) is 0 Å². The molecule has 0 spiro atoms. The Labute approximate surface area is 162 Å². The average Bonchev–Trinajstić information content (AvgIpc) is 3.16. The molecule has 1 heterocycles. The molecule has 1 atom stereocenters. The number of rotatable bonds is 5. The molecule has 1 N–H and O–H groups in total. The number of benzene rings is 1. The first-order chi connectivity index (χ1) is 12.7. The molecule has 27 heavy (non-hydrogen) atoms. The molecule has 3 rings (SSSR count). The molecule has 0 aliphatic heterocycles. The highest BCUT2D eigenvalue weighted by Crippen LogP contribution is 2.54. The van der Waals surface area contributed by atoms with Gasteiger partial charge in [-0.15, -0.1) is 0 Å². The molecule has 146 valence electrons. The van der Waals surface area contributed by atoms with Crippen LogP contribution >= 0.6 is 11.6 Å². The average molecular weight is 396 g/mol. The Morgan fingerprint density at radius 1 is 1.41 bits per heavy atom. The third kappa shape index (κ3) is 3.24. The Kier molecular flexibility index (Phi) is 5.30. The first-order valence-electron chi connectivity index (χ1n) is 9.20. The maximum Gasteiger partial charge on any atom is 0.282 e. The van der Waals surface area contributed by atoms with Crippen molar-refractivity contribution in [1.82, 2.24) is 9.78 Å². The van der Waals surface area contributed by atoms with Crippen LogP contribution in [0.1, 0.15) is 79.6 Å². The summed E-state index contributed by atoms with van der Waals surface area (Å²) < 4.78 is 27.6. The van der Waals surface area contributed by atoms with Gasteiger partial charge in [0.15, 0.2) is 0 Å². The van der Waals surface area contributed by atoms with Crippen molar-refractivity contribution in [2.24, 2.45) is 7.05 Å². The lowest BCUT2D eigenvalue weighted by Crippen LogP contribution is -2.21. The van der Waals surface area contributed by atoms with Crippen molar-refractivity contribution >= 4 is 23.2 Å². The fourth-order valence-electron chi connectivity index (χ4n) is 4.47. The van der Waals surface area contributed by atoms with E-state index in [-0.39, 0.29) is 16.9 Å². The number of halogens is 3. The number of hydrogen-bond donors (Lipinski definition) is 1. The van der Waals surface area contributed by atoms with E-state index in [2.05, 4.69) is 31.2 Å². The molecule has 4 nitrogen and oxygen atoms in total. The maximum atomic E-state index is 13.2. The van der Waals surface area contributed by atoms with Crippen LogP contribution in [0, 0.1) is 0 Å². The van der Waals surface area contributed by atoms with Crippen LogP contribution in [0.15, 0.2) is 18.3 Å². The van der Waals surface area contributed by atoms with Gasteiger partial charge in [0.1, 0.15) is 5.69 Å². The first kappa shape index (κ1) is 19.8. The molecular formula is C20H24ClF2N3O. The minimum atomic E-state index is -2.81. The number of carbonyl (C=O) groups excluding carboxylic acids is 1. The fraction of sp³-hybridized carbons (Fsp3) is 0.500. The lowest BCUT2D eigenvalue weighted by Gasteiger charge is -2.29. The summed E-state index contributed by atoms with van der Waals surface area (Å²) >= 11 is 6.55. The third-order valence-corrected chi connectivity index (χ3v) is 6.14. The van der Waals surface area contributed by atoms with Gasteiger partial charge in [-0.05, 0) is 53.9 Å². The molecule has 1 unspecified atom stereocenters. The normalized spacial score (nSPS) is 18.0. The van der Waals surface area contributed by atoms with Crippen molar-refractivity contribution in [1.29, 1.82) is 0 Å². The second-order valence-corrected chi connectivity index (χ2v) is 7.74. The van der Waals surface area contributed by atoms with E-state index in [1.54, 1.807) is 12.1 Å². The summed E-state index contributed by atoms with van der Waals surface area (Å²) in [6, 6.07) is 3.54. The number of anilines is 1. The van der Waals surface area contributed by atoms with Gasteiger partial charge in [-0.1, -0.05) is 32.4 Å². The zero-order valence-electron chi connectivity index (χ0n) is 15.9. The van der Waals surface area contributed by atoms with Crippen molar-refractivity contribution < 1.29 is 13.6 Å². The summed E-state index contributed by atoms with van der Waals surface area (Å²) in [5.74, 6) is -0.363. The second-order valence-electron chi connectivity index (χ2n) is 7.33. The number of amides is 1. The number of hydrogen-bond acceptors (Lipinski definition) is 2. The van der Waals surface area contributed by atoms with Crippen molar-refractivity contribution in [3.05, 3.63) is 45.7 Å². The highest BCUT2D eigenvalue weighted by molar-refractivity contribution is 6.32. The number of aromatic nitrogens is 2. The number of fused-ring (bicyclic) bond motifs is 1. The Hall–Kier alpha value is -1.95. The molecule has 0 saturated heterocycles. The molecule has 7 heteroatoms. The summed E-state index contributed by atoms with van der Waals surface area (Å²) in [7, 11) is 1.52. The zero-order valence-corrected chi connectivity index (χ0v) is 16.7. The van der Waals surface area contributed by atoms with Gasteiger partial charge in [0.25, 0.3) is 12.3 Å². The molecule has 1 aliphatic rings. The lowest BCUT2D eigenvalue weighted by molar-refractivity contribution is 0.101. The predicted molar refractivity (Wildman–Crippen MR) is 103 cm³/mol. The topological polar surface area (TPSA) is 46.9 Å². The number of aryl methyl sites for hydroxylation is 1. The number of carbonyl (C=O) groups is 1. The zero-order chi connectivity index (χ0) is 19.9. The van der Waals surface area contributed by atoms with Gasteiger partial charge in [-0.25, -0.2) is 8.78 Å². The van der Waals surface area contributed by atoms with E-state index in [4.69, 9.17) is 11.6 Å². The van der Waals surface area contributed by atoms with Gasteiger partial charge in [-0.2, -0.15) is 5.10 Å². The summed E-state index contributed by atoms with van der Waals surface area (Å²) in [5, 5.41) is 7.23. The summed E-state index contributed by atoms with van der Waals surface area (Å²) in [6.07, 6.45) is 1.37. The number of nitrogens with one attached hydrogen (secondary N) is 1. The smallest absolute Gasteiger partial charge is 0.282 e. The van der Waals surface area contributed by atoms with Gasteiger partial charge < -0.3 is 5.32 Å². The van der Waals surface area contributed by atoms with Gasteiger partial charge in [0, 0.05) is 24.0 Å². The SMILES string of the molecule is CCC1(CC)CC(C)c2c(NC(=O)c3cn(C)nc3C(F)F)ccc(Cl)c21. The summed E-state index contributed by atoms with van der Waals surface area (Å²) in [6.45, 7) is 6.42. The van der Waals surface area contributed by atoms with Crippen molar-refractivity contribution in [2.45, 2.75) is 57.8 Å². The molecule has 2 aromatic rings. The summed E-state index contributed by atoms with van der Waals surface area (Å²) in [5.41, 5.74) is 2.10. The van der Waals surface area contributed by atoms with E-state index < -0.39 is 18.0 Å². The molecule has 1 aromatic heterocycles. The number of nitrogens with zero attached hydrogens (tertiary/aromatic N) is 2. The van der Waals surface area contributed by atoms with E-state index in [0.29, 0.717) is 10.7 Å². The molecular weight excluding hydrogens is 372 g/mol. The van der Waals surface area contributed by atoms with Crippen LogP contribution in [0.2, 0.25) is 5.02 Å². The lowest BCUT2D eigenvalue weighted by atomic mass is 9.76. The Morgan fingerprint density at radius 2 is 2.07 bits per heavy atom. The van der Waals surface area contributed by atoms with Crippen LogP contribution in [0.4, 0.5) is 14.5 Å². The van der Waals surface area contributed by atoms with Crippen LogP contribution in [0.5, 0.6) is 0 Å². The minimum absolute atomic E-state index is 0.0188. The van der Waals surface area contributed by atoms with Crippen LogP contribution in [-0.4, -0.2) is 15.7 Å². The monoisotopic (exact) mass is 395 g/mol. The highest BCUT2D eigenvalue weighted by Gasteiger charge is 2.42. The Bertz CT molecular complexity index is 874. The Balaban J connectivity index is 2.03. The molecule has 0 radical (unpaired) electrons. The van der Waals surface area contributed by atoms with Gasteiger partial charge in [-0.3, -0.25) is 9.48 Å². The molecule has 1 aromatic carbocycles. The van der Waals surface area contributed by atoms with Crippen molar-refractivity contribution in [3.8, 4) is 0 Å². The molecule has 0 fully saturated rings. The van der Waals surface area contributed by atoms with E-state index in [1.165, 1.54) is 17.9 Å². The molecule has 1 amide bonds. The van der Waals surface area contributed by atoms with Gasteiger partial charge in [0.05, 0.1) is 5.56 Å². The first-order valence-corrected chi connectivity index (χ1v) is 9.57. The van der Waals surface area contributed by atoms with E-state index in [0.717, 1.165) is 30.4 Å². The van der Waals surface area contributed by atoms with Gasteiger partial charge >= 0.3 is 0 Å². The van der Waals surface area contributed by atoms with E-state index >= 15 is 0 Å². The molecule has 0 saturated carbocycles. The molecule has 0 bridgehead atoms. The van der Waals surface area contributed by atoms with E-state index in [9.17, 15) is 13.6 Å². The fourth-order valence-corrected chi connectivity index (χ4v) is 4.83. The Morgan fingerprint density at radius 3 is 2.67 bits per heavy atom. The quantitative estimate of drug-likeness (QED) is 0.692. The van der Waals surface area contributed by atoms with Gasteiger partial charge in [0.2, 0.25) is 0 Å².